The fourth-order valence-electron chi connectivity index (χ4n) is 2.80. The first-order valence-corrected chi connectivity index (χ1v) is 6.92. The normalized spacial score (nSPS) is 20.6. The number of hydrogen-bond donors (Lipinski definition) is 1. The number of phenolic OH excluding ortho intramolecular Hbond substituents is 1. The lowest BCUT2D eigenvalue weighted by Crippen LogP contribution is -2.38. The number of amides is 1. The molecular formula is C15H18FNO2. The van der Waals surface area contributed by atoms with Gasteiger partial charge in [0.05, 0.1) is 0 Å². The van der Waals surface area contributed by atoms with Gasteiger partial charge in [-0.15, -0.1) is 0 Å². The number of benzene rings is 1. The van der Waals surface area contributed by atoms with Crippen molar-refractivity contribution < 1.29 is 14.3 Å². The SMILES string of the molecule is O=C(C1CC1)N1CCC(c2ccc(O)c(F)c2)CC1. The van der Waals surface area contributed by atoms with E-state index in [9.17, 15) is 14.3 Å². The molecule has 4 heteroatoms. The van der Waals surface area contributed by atoms with E-state index < -0.39 is 5.82 Å². The van der Waals surface area contributed by atoms with E-state index in [0.717, 1.165) is 44.3 Å². The number of rotatable bonds is 2. The molecule has 1 aliphatic carbocycles. The zero-order valence-corrected chi connectivity index (χ0v) is 10.8. The van der Waals surface area contributed by atoms with Gasteiger partial charge in [0, 0.05) is 19.0 Å². The topological polar surface area (TPSA) is 40.5 Å². The number of aromatic hydroxyl groups is 1. The van der Waals surface area contributed by atoms with Gasteiger partial charge in [0.1, 0.15) is 0 Å². The molecule has 2 fully saturated rings. The average Bonchev–Trinajstić information content (AvgIpc) is 3.26. The molecule has 1 saturated carbocycles. The van der Waals surface area contributed by atoms with E-state index in [1.807, 2.05) is 4.90 Å². The molecule has 0 bridgehead atoms. The predicted octanol–water partition coefficient (Wildman–Crippen LogP) is 2.65. The third-order valence-electron chi connectivity index (χ3n) is 4.18. The Hall–Kier alpha value is -1.58. The summed E-state index contributed by atoms with van der Waals surface area (Å²) in [5.41, 5.74) is 0.925. The van der Waals surface area contributed by atoms with Gasteiger partial charge in [0.15, 0.2) is 11.6 Å². The Labute approximate surface area is 112 Å². The molecule has 0 aromatic heterocycles. The van der Waals surface area contributed by atoms with Crippen molar-refractivity contribution >= 4 is 5.91 Å². The van der Waals surface area contributed by atoms with Crippen LogP contribution in [0.1, 0.15) is 37.2 Å². The Morgan fingerprint density at radius 2 is 1.89 bits per heavy atom. The van der Waals surface area contributed by atoms with Crippen LogP contribution in [0.2, 0.25) is 0 Å². The summed E-state index contributed by atoms with van der Waals surface area (Å²) in [5.74, 6) is 0.00967. The highest BCUT2D eigenvalue weighted by Crippen LogP contribution is 2.35. The molecule has 19 heavy (non-hydrogen) atoms. The van der Waals surface area contributed by atoms with Gasteiger partial charge in [-0.05, 0) is 49.3 Å². The maximum atomic E-state index is 13.3. The van der Waals surface area contributed by atoms with Crippen molar-refractivity contribution in [1.82, 2.24) is 4.90 Å². The fourth-order valence-corrected chi connectivity index (χ4v) is 2.80. The Kier molecular flexibility index (Phi) is 3.17. The monoisotopic (exact) mass is 263 g/mol. The standard InChI is InChI=1S/C15H18FNO2/c16-13-9-12(3-4-14(13)18)10-5-7-17(8-6-10)15(19)11-1-2-11/h3-4,9-11,18H,1-2,5-8H2. The van der Waals surface area contributed by atoms with Crippen molar-refractivity contribution in [3.05, 3.63) is 29.6 Å². The van der Waals surface area contributed by atoms with Crippen LogP contribution in [0.3, 0.4) is 0 Å². The summed E-state index contributed by atoms with van der Waals surface area (Å²) >= 11 is 0. The molecule has 1 N–H and O–H groups in total. The number of halogens is 1. The minimum absolute atomic E-state index is 0.280. The Bertz CT molecular complexity index is 491. The third kappa shape index (κ3) is 2.57. The lowest BCUT2D eigenvalue weighted by Gasteiger charge is -2.32. The second kappa shape index (κ2) is 4.83. The van der Waals surface area contributed by atoms with Gasteiger partial charge in [-0.1, -0.05) is 6.07 Å². The summed E-state index contributed by atoms with van der Waals surface area (Å²) in [4.78, 5) is 13.9. The Morgan fingerprint density at radius 3 is 2.47 bits per heavy atom. The van der Waals surface area contributed by atoms with Crippen molar-refractivity contribution in [2.75, 3.05) is 13.1 Å². The van der Waals surface area contributed by atoms with E-state index in [1.54, 1.807) is 6.07 Å². The van der Waals surface area contributed by atoms with Crippen molar-refractivity contribution in [2.24, 2.45) is 5.92 Å². The van der Waals surface area contributed by atoms with Crippen LogP contribution in [-0.2, 0) is 4.79 Å². The molecule has 1 saturated heterocycles. The molecule has 1 aromatic rings. The molecule has 0 atom stereocenters. The van der Waals surface area contributed by atoms with Crippen molar-refractivity contribution in [2.45, 2.75) is 31.6 Å². The van der Waals surface area contributed by atoms with Gasteiger partial charge < -0.3 is 10.0 Å². The van der Waals surface area contributed by atoms with Crippen LogP contribution in [0.15, 0.2) is 18.2 Å². The molecule has 1 aromatic carbocycles. The largest absolute Gasteiger partial charge is 0.505 e. The number of hydrogen-bond acceptors (Lipinski definition) is 2. The van der Waals surface area contributed by atoms with Crippen LogP contribution in [0.25, 0.3) is 0 Å². The highest BCUT2D eigenvalue weighted by atomic mass is 19.1. The van der Waals surface area contributed by atoms with Crippen LogP contribution in [0.4, 0.5) is 4.39 Å². The summed E-state index contributed by atoms with van der Waals surface area (Å²) in [6, 6.07) is 4.60. The molecule has 3 rings (SSSR count). The van der Waals surface area contributed by atoms with Crippen molar-refractivity contribution in [3.8, 4) is 5.75 Å². The number of nitrogens with zero attached hydrogens (tertiary/aromatic N) is 1. The third-order valence-corrected chi connectivity index (χ3v) is 4.18. The van der Waals surface area contributed by atoms with E-state index in [1.165, 1.54) is 12.1 Å². The summed E-state index contributed by atoms with van der Waals surface area (Å²) in [6.45, 7) is 1.53. The highest BCUT2D eigenvalue weighted by Gasteiger charge is 2.35. The number of carbonyl (C=O) groups excluding carboxylic acids is 1. The van der Waals surface area contributed by atoms with Gasteiger partial charge in [0.2, 0.25) is 5.91 Å². The van der Waals surface area contributed by atoms with Crippen LogP contribution in [-0.4, -0.2) is 29.0 Å². The molecule has 1 aliphatic heterocycles. The number of piperidine rings is 1. The molecule has 1 amide bonds. The molecule has 102 valence electrons. The van der Waals surface area contributed by atoms with Crippen LogP contribution < -0.4 is 0 Å². The highest BCUT2D eigenvalue weighted by molar-refractivity contribution is 5.81. The van der Waals surface area contributed by atoms with Gasteiger partial charge in [-0.25, -0.2) is 4.39 Å². The Morgan fingerprint density at radius 1 is 1.21 bits per heavy atom. The van der Waals surface area contributed by atoms with Gasteiger partial charge >= 0.3 is 0 Å². The maximum absolute atomic E-state index is 13.3. The zero-order valence-electron chi connectivity index (χ0n) is 10.8. The van der Waals surface area contributed by atoms with Crippen LogP contribution >= 0.6 is 0 Å². The van der Waals surface area contributed by atoms with E-state index in [2.05, 4.69) is 0 Å². The van der Waals surface area contributed by atoms with E-state index in [-0.39, 0.29) is 11.7 Å². The molecular weight excluding hydrogens is 245 g/mol. The fraction of sp³-hybridized carbons (Fsp3) is 0.533. The molecule has 0 radical (unpaired) electrons. The van der Waals surface area contributed by atoms with E-state index >= 15 is 0 Å². The summed E-state index contributed by atoms with van der Waals surface area (Å²) < 4.78 is 13.3. The average molecular weight is 263 g/mol. The van der Waals surface area contributed by atoms with Gasteiger partial charge in [0.25, 0.3) is 0 Å². The summed E-state index contributed by atoms with van der Waals surface area (Å²) in [6.07, 6.45) is 3.84. The zero-order chi connectivity index (χ0) is 13.4. The number of carbonyl (C=O) groups is 1. The molecule has 2 aliphatic rings. The summed E-state index contributed by atoms with van der Waals surface area (Å²) in [5, 5.41) is 9.20. The van der Waals surface area contributed by atoms with Crippen LogP contribution in [0.5, 0.6) is 5.75 Å². The van der Waals surface area contributed by atoms with E-state index in [0.29, 0.717) is 11.8 Å². The van der Waals surface area contributed by atoms with Crippen molar-refractivity contribution in [1.29, 1.82) is 0 Å². The molecule has 0 spiro atoms. The van der Waals surface area contributed by atoms with Crippen molar-refractivity contribution in [3.63, 3.8) is 0 Å². The number of likely N-dealkylation sites (tertiary alicyclic amines) is 1. The molecule has 1 heterocycles. The first kappa shape index (κ1) is 12.5. The smallest absolute Gasteiger partial charge is 0.225 e. The molecule has 0 unspecified atom stereocenters. The second-order valence-corrected chi connectivity index (χ2v) is 5.58. The maximum Gasteiger partial charge on any atom is 0.225 e. The number of phenols is 1. The second-order valence-electron chi connectivity index (χ2n) is 5.58. The lowest BCUT2D eigenvalue weighted by molar-refractivity contribution is -0.133. The lowest BCUT2D eigenvalue weighted by atomic mass is 9.89. The Balaban J connectivity index is 1.62. The van der Waals surface area contributed by atoms with E-state index in [4.69, 9.17) is 0 Å². The summed E-state index contributed by atoms with van der Waals surface area (Å²) in [7, 11) is 0. The first-order valence-electron chi connectivity index (χ1n) is 6.92. The van der Waals surface area contributed by atoms with Gasteiger partial charge in [-0.3, -0.25) is 4.79 Å². The minimum Gasteiger partial charge on any atom is -0.505 e. The predicted molar refractivity (Wildman–Crippen MR) is 69.3 cm³/mol. The van der Waals surface area contributed by atoms with Gasteiger partial charge in [-0.2, -0.15) is 0 Å². The minimum atomic E-state index is -0.561. The quantitative estimate of drug-likeness (QED) is 0.891. The first-order chi connectivity index (χ1) is 9.15. The molecule has 3 nitrogen and oxygen atoms in total. The van der Waals surface area contributed by atoms with Crippen LogP contribution in [0, 0.1) is 11.7 Å².